The number of alkyl halides is 1. The summed E-state index contributed by atoms with van der Waals surface area (Å²) < 4.78 is 4.86. The van der Waals surface area contributed by atoms with Crippen molar-refractivity contribution in [3.8, 4) is 0 Å². The van der Waals surface area contributed by atoms with Crippen LogP contribution in [0.15, 0.2) is 24.3 Å². The van der Waals surface area contributed by atoms with E-state index in [0.29, 0.717) is 5.56 Å². The zero-order chi connectivity index (χ0) is 12.1. The summed E-state index contributed by atoms with van der Waals surface area (Å²) in [6, 6.07) is 6.51. The highest BCUT2D eigenvalue weighted by molar-refractivity contribution is 6.34. The Morgan fingerprint density at radius 1 is 1.31 bits per heavy atom. The fourth-order valence-corrected chi connectivity index (χ4v) is 1.42. The molecule has 0 aromatic heterocycles. The quantitative estimate of drug-likeness (QED) is 0.462. The zero-order valence-electron chi connectivity index (χ0n) is 9.20. The first-order valence-electron chi connectivity index (χ1n) is 5.02. The summed E-state index contributed by atoms with van der Waals surface area (Å²) in [5.74, 6) is -0.769. The molecule has 0 aliphatic rings. The van der Waals surface area contributed by atoms with E-state index in [-0.39, 0.29) is 18.0 Å². The van der Waals surface area contributed by atoms with Crippen LogP contribution in [0.4, 0.5) is 0 Å². The van der Waals surface area contributed by atoms with E-state index in [2.05, 4.69) is 0 Å². The molecule has 1 aromatic carbocycles. The number of rotatable bonds is 4. The first-order valence-corrected chi connectivity index (χ1v) is 5.46. The van der Waals surface area contributed by atoms with Gasteiger partial charge in [-0.1, -0.05) is 18.2 Å². The van der Waals surface area contributed by atoms with Crippen molar-refractivity contribution < 1.29 is 14.3 Å². The summed E-state index contributed by atoms with van der Waals surface area (Å²) in [4.78, 5) is 23.3. The number of halogens is 1. The van der Waals surface area contributed by atoms with E-state index in [9.17, 15) is 9.59 Å². The molecule has 1 rings (SSSR count). The van der Waals surface area contributed by atoms with Crippen molar-refractivity contribution in [2.75, 3.05) is 6.61 Å². The zero-order valence-corrected chi connectivity index (χ0v) is 9.95. The van der Waals surface area contributed by atoms with Gasteiger partial charge in [-0.25, -0.2) is 4.79 Å². The lowest BCUT2D eigenvalue weighted by atomic mass is 10.0. The van der Waals surface area contributed by atoms with Gasteiger partial charge in [0, 0.05) is 5.56 Å². The van der Waals surface area contributed by atoms with Gasteiger partial charge < -0.3 is 4.74 Å². The van der Waals surface area contributed by atoms with Crippen LogP contribution in [0, 0.1) is 0 Å². The normalized spacial score (nSPS) is 11.9. The fraction of sp³-hybridized carbons (Fsp3) is 0.333. The SMILES string of the molecule is CCOC(=O)c1ccccc1C(=O)C(C)Cl. The molecule has 0 saturated heterocycles. The van der Waals surface area contributed by atoms with Crippen LogP contribution >= 0.6 is 11.6 Å². The summed E-state index contributed by atoms with van der Waals surface area (Å²) in [7, 11) is 0. The van der Waals surface area contributed by atoms with Crippen molar-refractivity contribution in [1.82, 2.24) is 0 Å². The van der Waals surface area contributed by atoms with Crippen LogP contribution in [0.1, 0.15) is 34.6 Å². The number of hydrogen-bond donors (Lipinski definition) is 0. The number of Topliss-reactive ketones (excluding diaryl/α,β-unsaturated/α-hetero) is 1. The van der Waals surface area contributed by atoms with E-state index in [1.807, 2.05) is 0 Å². The maximum atomic E-state index is 11.7. The Morgan fingerprint density at radius 2 is 1.88 bits per heavy atom. The molecule has 16 heavy (non-hydrogen) atoms. The van der Waals surface area contributed by atoms with Gasteiger partial charge in [0.05, 0.1) is 17.5 Å². The van der Waals surface area contributed by atoms with Gasteiger partial charge in [-0.3, -0.25) is 4.79 Å². The third-order valence-electron chi connectivity index (χ3n) is 2.05. The standard InChI is InChI=1S/C12H13ClO3/c1-3-16-12(15)10-7-5-4-6-9(10)11(14)8(2)13/h4-8H,3H2,1-2H3. The molecule has 0 saturated carbocycles. The molecule has 1 unspecified atom stereocenters. The van der Waals surface area contributed by atoms with Gasteiger partial charge in [0.25, 0.3) is 0 Å². The lowest BCUT2D eigenvalue weighted by Crippen LogP contribution is -2.16. The van der Waals surface area contributed by atoms with Crippen molar-refractivity contribution in [2.24, 2.45) is 0 Å². The van der Waals surface area contributed by atoms with Crippen molar-refractivity contribution in [1.29, 1.82) is 0 Å². The van der Waals surface area contributed by atoms with Gasteiger partial charge in [-0.2, -0.15) is 0 Å². The Balaban J connectivity index is 3.10. The molecule has 0 amide bonds. The van der Waals surface area contributed by atoms with Gasteiger partial charge >= 0.3 is 5.97 Å². The second-order valence-electron chi connectivity index (χ2n) is 3.25. The molecule has 0 fully saturated rings. The monoisotopic (exact) mass is 240 g/mol. The van der Waals surface area contributed by atoms with Crippen LogP contribution in [-0.2, 0) is 4.74 Å². The maximum Gasteiger partial charge on any atom is 0.338 e. The minimum absolute atomic E-state index is 0.266. The number of carbonyl (C=O) groups excluding carboxylic acids is 2. The van der Waals surface area contributed by atoms with E-state index in [1.165, 1.54) is 0 Å². The van der Waals surface area contributed by atoms with Crippen LogP contribution in [0.25, 0.3) is 0 Å². The van der Waals surface area contributed by atoms with E-state index in [1.54, 1.807) is 38.1 Å². The largest absolute Gasteiger partial charge is 0.462 e. The summed E-state index contributed by atoms with van der Waals surface area (Å²) in [5, 5.41) is -0.657. The predicted molar refractivity (Wildman–Crippen MR) is 62.0 cm³/mol. The minimum atomic E-state index is -0.657. The molecule has 0 N–H and O–H groups in total. The molecule has 0 radical (unpaired) electrons. The summed E-state index contributed by atoms with van der Waals surface area (Å²) >= 11 is 5.71. The Bertz CT molecular complexity index is 399. The van der Waals surface area contributed by atoms with Gasteiger partial charge in [-0.05, 0) is 19.9 Å². The van der Waals surface area contributed by atoms with Gasteiger partial charge in [0.15, 0.2) is 5.78 Å². The molecule has 1 aromatic rings. The summed E-state index contributed by atoms with van der Waals surface area (Å²) in [5.41, 5.74) is 0.574. The number of carbonyl (C=O) groups is 2. The van der Waals surface area contributed by atoms with Crippen molar-refractivity contribution in [3.63, 3.8) is 0 Å². The van der Waals surface area contributed by atoms with Crippen molar-refractivity contribution >= 4 is 23.4 Å². The lowest BCUT2D eigenvalue weighted by Gasteiger charge is -2.08. The third-order valence-corrected chi connectivity index (χ3v) is 2.25. The van der Waals surface area contributed by atoms with Gasteiger partial charge in [-0.15, -0.1) is 11.6 Å². The van der Waals surface area contributed by atoms with E-state index >= 15 is 0 Å². The van der Waals surface area contributed by atoms with Gasteiger partial charge in [0.1, 0.15) is 0 Å². The Morgan fingerprint density at radius 3 is 2.38 bits per heavy atom. The topological polar surface area (TPSA) is 43.4 Å². The average molecular weight is 241 g/mol. The lowest BCUT2D eigenvalue weighted by molar-refractivity contribution is 0.0523. The Labute approximate surface area is 99.4 Å². The molecule has 1 atom stereocenters. The summed E-state index contributed by atoms with van der Waals surface area (Å²) in [6.45, 7) is 3.57. The highest BCUT2D eigenvalue weighted by atomic mass is 35.5. The highest BCUT2D eigenvalue weighted by Gasteiger charge is 2.20. The minimum Gasteiger partial charge on any atom is -0.462 e. The van der Waals surface area contributed by atoms with Crippen LogP contribution in [0.2, 0.25) is 0 Å². The van der Waals surface area contributed by atoms with Crippen LogP contribution in [-0.4, -0.2) is 23.7 Å². The number of esters is 1. The predicted octanol–water partition coefficient (Wildman–Crippen LogP) is 2.67. The smallest absolute Gasteiger partial charge is 0.338 e. The van der Waals surface area contributed by atoms with Crippen molar-refractivity contribution in [3.05, 3.63) is 35.4 Å². The molecule has 3 nitrogen and oxygen atoms in total. The second kappa shape index (κ2) is 5.66. The average Bonchev–Trinajstić information content (AvgIpc) is 2.28. The Hall–Kier alpha value is -1.35. The Kier molecular flexibility index (Phi) is 4.50. The molecular weight excluding hydrogens is 228 g/mol. The van der Waals surface area contributed by atoms with E-state index in [4.69, 9.17) is 16.3 Å². The molecule has 0 aliphatic heterocycles. The van der Waals surface area contributed by atoms with Crippen molar-refractivity contribution in [2.45, 2.75) is 19.2 Å². The van der Waals surface area contributed by atoms with Gasteiger partial charge in [0.2, 0.25) is 0 Å². The van der Waals surface area contributed by atoms with Crippen LogP contribution in [0.5, 0.6) is 0 Å². The molecule has 4 heteroatoms. The molecule has 86 valence electrons. The maximum absolute atomic E-state index is 11.7. The highest BCUT2D eigenvalue weighted by Crippen LogP contribution is 2.15. The first-order chi connectivity index (χ1) is 7.57. The van der Waals surface area contributed by atoms with E-state index in [0.717, 1.165) is 0 Å². The van der Waals surface area contributed by atoms with Crippen LogP contribution < -0.4 is 0 Å². The fourth-order valence-electron chi connectivity index (χ4n) is 1.30. The summed E-state index contributed by atoms with van der Waals surface area (Å²) in [6.07, 6.45) is 0. The molecular formula is C12H13ClO3. The first kappa shape index (κ1) is 12.7. The molecule has 0 bridgehead atoms. The number of hydrogen-bond acceptors (Lipinski definition) is 3. The molecule has 0 heterocycles. The number of benzene rings is 1. The third kappa shape index (κ3) is 2.83. The molecule has 0 aliphatic carbocycles. The van der Waals surface area contributed by atoms with E-state index < -0.39 is 11.3 Å². The second-order valence-corrected chi connectivity index (χ2v) is 3.90. The molecule has 0 spiro atoms. The van der Waals surface area contributed by atoms with Crippen LogP contribution in [0.3, 0.4) is 0 Å². The number of ketones is 1. The number of ether oxygens (including phenoxy) is 1.